The number of carbonyl (C=O) groups excluding carboxylic acids is 1. The zero-order valence-electron chi connectivity index (χ0n) is 8.75. The Labute approximate surface area is 99.5 Å². The Bertz CT molecular complexity index is 507. The van der Waals surface area contributed by atoms with Gasteiger partial charge in [-0.25, -0.2) is 4.98 Å². The highest BCUT2D eigenvalue weighted by molar-refractivity contribution is 5.93. The second kappa shape index (κ2) is 4.81. The van der Waals surface area contributed by atoms with Gasteiger partial charge in [-0.15, -0.1) is 12.4 Å². The molecular weight excluding hydrogens is 226 g/mol. The van der Waals surface area contributed by atoms with Crippen LogP contribution >= 0.6 is 12.4 Å². The van der Waals surface area contributed by atoms with Gasteiger partial charge in [0.2, 0.25) is 5.91 Å². The molecule has 0 saturated carbocycles. The maximum atomic E-state index is 11.0. The number of carbonyl (C=O) groups is 1. The monoisotopic (exact) mass is 237 g/mol. The van der Waals surface area contributed by atoms with Crippen molar-refractivity contribution >= 4 is 18.3 Å². The van der Waals surface area contributed by atoms with Crippen LogP contribution in [0.5, 0.6) is 0 Å². The Morgan fingerprint density at radius 2 is 2.19 bits per heavy atom. The number of hydrogen-bond acceptors (Lipinski definition) is 2. The molecule has 1 heterocycles. The van der Waals surface area contributed by atoms with Gasteiger partial charge in [-0.05, 0) is 25.1 Å². The number of aromatic nitrogens is 2. The average Bonchev–Trinajstić information content (AvgIpc) is 2.65. The van der Waals surface area contributed by atoms with Crippen molar-refractivity contribution in [2.24, 2.45) is 5.73 Å². The summed E-state index contributed by atoms with van der Waals surface area (Å²) in [7, 11) is 0. The molecule has 0 aliphatic rings. The van der Waals surface area contributed by atoms with Crippen LogP contribution in [0.4, 0.5) is 0 Å². The molecule has 0 radical (unpaired) electrons. The summed E-state index contributed by atoms with van der Waals surface area (Å²) >= 11 is 0. The van der Waals surface area contributed by atoms with Gasteiger partial charge in [-0.1, -0.05) is 6.07 Å². The van der Waals surface area contributed by atoms with Gasteiger partial charge in [0, 0.05) is 17.4 Å². The standard InChI is InChI=1S/C11H11N3O.ClH/c1-8-6-14(7-13-8)10-4-2-3-9(5-10)11(12)15;/h2-7H,1H3,(H2,12,15);1H. The zero-order valence-corrected chi connectivity index (χ0v) is 9.57. The molecule has 0 unspecified atom stereocenters. The van der Waals surface area contributed by atoms with E-state index >= 15 is 0 Å². The van der Waals surface area contributed by atoms with Crippen LogP contribution in [-0.4, -0.2) is 15.5 Å². The third-order valence-corrected chi connectivity index (χ3v) is 2.14. The van der Waals surface area contributed by atoms with Gasteiger partial charge in [0.25, 0.3) is 0 Å². The van der Waals surface area contributed by atoms with Gasteiger partial charge in [0.1, 0.15) is 0 Å². The lowest BCUT2D eigenvalue weighted by molar-refractivity contribution is 0.100. The van der Waals surface area contributed by atoms with E-state index < -0.39 is 5.91 Å². The van der Waals surface area contributed by atoms with Crippen LogP contribution in [0.3, 0.4) is 0 Å². The minimum atomic E-state index is -0.423. The SMILES string of the molecule is Cc1cn(-c2cccc(C(N)=O)c2)cn1.Cl. The predicted molar refractivity (Wildman–Crippen MR) is 64.1 cm³/mol. The zero-order chi connectivity index (χ0) is 10.8. The molecule has 1 amide bonds. The van der Waals surface area contributed by atoms with Crippen molar-refractivity contribution in [2.45, 2.75) is 6.92 Å². The molecule has 4 nitrogen and oxygen atoms in total. The van der Waals surface area contributed by atoms with Crippen LogP contribution in [0.15, 0.2) is 36.8 Å². The lowest BCUT2D eigenvalue weighted by Gasteiger charge is -2.02. The Hall–Kier alpha value is -1.81. The Morgan fingerprint density at radius 1 is 1.44 bits per heavy atom. The third kappa shape index (κ3) is 2.41. The van der Waals surface area contributed by atoms with Crippen LogP contribution in [0.1, 0.15) is 16.1 Å². The van der Waals surface area contributed by atoms with Crippen molar-refractivity contribution in [3.63, 3.8) is 0 Å². The molecule has 1 aromatic heterocycles. The molecule has 5 heteroatoms. The Balaban J connectivity index is 0.00000128. The number of rotatable bonds is 2. The van der Waals surface area contributed by atoms with Gasteiger partial charge in [-0.2, -0.15) is 0 Å². The first-order chi connectivity index (χ1) is 7.16. The third-order valence-electron chi connectivity index (χ3n) is 2.14. The first kappa shape index (κ1) is 12.3. The summed E-state index contributed by atoms with van der Waals surface area (Å²) in [5.74, 6) is -0.423. The number of hydrogen-bond donors (Lipinski definition) is 1. The van der Waals surface area contributed by atoms with E-state index in [-0.39, 0.29) is 12.4 Å². The summed E-state index contributed by atoms with van der Waals surface area (Å²) in [6, 6.07) is 7.12. The van der Waals surface area contributed by atoms with E-state index in [9.17, 15) is 4.79 Å². The van der Waals surface area contributed by atoms with Gasteiger partial charge in [0.15, 0.2) is 0 Å². The lowest BCUT2D eigenvalue weighted by Crippen LogP contribution is -2.11. The fourth-order valence-electron chi connectivity index (χ4n) is 1.38. The maximum Gasteiger partial charge on any atom is 0.248 e. The molecule has 2 N–H and O–H groups in total. The second-order valence-corrected chi connectivity index (χ2v) is 3.34. The summed E-state index contributed by atoms with van der Waals surface area (Å²) in [6.45, 7) is 1.91. The molecular formula is C11H12ClN3O. The number of halogens is 1. The number of benzene rings is 1. The minimum Gasteiger partial charge on any atom is -0.366 e. The number of imidazole rings is 1. The van der Waals surface area contributed by atoms with E-state index in [2.05, 4.69) is 4.98 Å². The number of nitrogens with two attached hydrogens (primary N) is 1. The molecule has 1 aromatic carbocycles. The van der Waals surface area contributed by atoms with E-state index in [1.165, 1.54) is 0 Å². The molecule has 0 spiro atoms. The van der Waals surface area contributed by atoms with Crippen LogP contribution < -0.4 is 5.73 Å². The smallest absolute Gasteiger partial charge is 0.248 e. The summed E-state index contributed by atoms with van der Waals surface area (Å²) < 4.78 is 1.85. The highest BCUT2D eigenvalue weighted by atomic mass is 35.5. The van der Waals surface area contributed by atoms with Crippen molar-refractivity contribution in [1.29, 1.82) is 0 Å². The molecule has 2 aromatic rings. The molecule has 0 fully saturated rings. The summed E-state index contributed by atoms with van der Waals surface area (Å²) in [5.41, 5.74) is 7.51. The summed E-state index contributed by atoms with van der Waals surface area (Å²) in [4.78, 5) is 15.1. The fraction of sp³-hybridized carbons (Fsp3) is 0.0909. The van der Waals surface area contributed by atoms with Crippen LogP contribution in [0.2, 0.25) is 0 Å². The quantitative estimate of drug-likeness (QED) is 0.864. The van der Waals surface area contributed by atoms with Gasteiger partial charge in [-0.3, -0.25) is 4.79 Å². The number of aryl methyl sites for hydroxylation is 1. The van der Waals surface area contributed by atoms with E-state index in [1.807, 2.05) is 23.8 Å². The molecule has 2 rings (SSSR count). The minimum absolute atomic E-state index is 0. The van der Waals surface area contributed by atoms with Crippen molar-refractivity contribution in [3.05, 3.63) is 48.0 Å². The summed E-state index contributed by atoms with van der Waals surface area (Å²) in [5, 5.41) is 0. The first-order valence-electron chi connectivity index (χ1n) is 4.57. The van der Waals surface area contributed by atoms with Crippen LogP contribution in [-0.2, 0) is 0 Å². The molecule has 0 saturated heterocycles. The van der Waals surface area contributed by atoms with Crippen molar-refractivity contribution < 1.29 is 4.79 Å². The van der Waals surface area contributed by atoms with E-state index in [1.54, 1.807) is 24.5 Å². The highest BCUT2D eigenvalue weighted by Gasteiger charge is 2.02. The van der Waals surface area contributed by atoms with Crippen molar-refractivity contribution in [2.75, 3.05) is 0 Å². The number of nitrogens with zero attached hydrogens (tertiary/aromatic N) is 2. The lowest BCUT2D eigenvalue weighted by atomic mass is 10.2. The molecule has 0 bridgehead atoms. The predicted octanol–water partition coefficient (Wildman–Crippen LogP) is 1.70. The fourth-order valence-corrected chi connectivity index (χ4v) is 1.38. The van der Waals surface area contributed by atoms with Crippen LogP contribution in [0, 0.1) is 6.92 Å². The number of primary amides is 1. The molecule has 0 aliphatic carbocycles. The molecule has 0 aliphatic heterocycles. The number of amides is 1. The average molecular weight is 238 g/mol. The van der Waals surface area contributed by atoms with E-state index in [4.69, 9.17) is 5.73 Å². The van der Waals surface area contributed by atoms with Gasteiger partial charge < -0.3 is 10.3 Å². The van der Waals surface area contributed by atoms with Gasteiger partial charge >= 0.3 is 0 Å². The van der Waals surface area contributed by atoms with Crippen molar-refractivity contribution in [3.8, 4) is 5.69 Å². The van der Waals surface area contributed by atoms with E-state index in [0.717, 1.165) is 11.4 Å². The normalized spacial score (nSPS) is 9.56. The highest BCUT2D eigenvalue weighted by Crippen LogP contribution is 2.10. The van der Waals surface area contributed by atoms with Crippen LogP contribution in [0.25, 0.3) is 5.69 Å². The Morgan fingerprint density at radius 3 is 2.75 bits per heavy atom. The van der Waals surface area contributed by atoms with Crippen molar-refractivity contribution in [1.82, 2.24) is 9.55 Å². The largest absolute Gasteiger partial charge is 0.366 e. The molecule has 84 valence electrons. The second-order valence-electron chi connectivity index (χ2n) is 3.34. The first-order valence-corrected chi connectivity index (χ1v) is 4.57. The summed E-state index contributed by atoms with van der Waals surface area (Å²) in [6.07, 6.45) is 3.59. The Kier molecular flexibility index (Phi) is 3.68. The molecule has 0 atom stereocenters. The topological polar surface area (TPSA) is 60.9 Å². The maximum absolute atomic E-state index is 11.0. The van der Waals surface area contributed by atoms with E-state index in [0.29, 0.717) is 5.56 Å². The van der Waals surface area contributed by atoms with Gasteiger partial charge in [0.05, 0.1) is 12.0 Å². The molecule has 16 heavy (non-hydrogen) atoms.